The van der Waals surface area contributed by atoms with Gasteiger partial charge in [-0.3, -0.25) is 0 Å². The Morgan fingerprint density at radius 3 is 2.89 bits per heavy atom. The molecule has 0 fully saturated rings. The Morgan fingerprint density at radius 1 is 1.32 bits per heavy atom. The number of anilines is 2. The van der Waals surface area contributed by atoms with Crippen molar-refractivity contribution >= 4 is 23.3 Å². The van der Waals surface area contributed by atoms with E-state index in [0.29, 0.717) is 18.2 Å². The molecule has 5 heteroatoms. The summed E-state index contributed by atoms with van der Waals surface area (Å²) in [5.74, 6) is 2.62. The Kier molecular flexibility index (Phi) is 8.21. The smallest absolute Gasteiger partial charge is 0.239 e. The first-order valence-corrected chi connectivity index (χ1v) is 8.29. The van der Waals surface area contributed by atoms with Crippen molar-refractivity contribution in [1.29, 1.82) is 0 Å². The lowest BCUT2D eigenvalue weighted by Gasteiger charge is -2.10. The van der Waals surface area contributed by atoms with Crippen LogP contribution in [-0.4, -0.2) is 30.1 Å². The number of nitrogen functional groups attached to an aromatic ring is 1. The zero-order chi connectivity index (χ0) is 13.9. The SMILES string of the molecule is CCCOc1nc(NCCCCCSC)ccc1N. The number of rotatable bonds is 10. The molecule has 3 N–H and O–H groups in total. The summed E-state index contributed by atoms with van der Waals surface area (Å²) >= 11 is 1.90. The first kappa shape index (κ1) is 16.0. The number of nitrogens with zero attached hydrogens (tertiary/aromatic N) is 1. The van der Waals surface area contributed by atoms with E-state index in [0.717, 1.165) is 25.2 Å². The summed E-state index contributed by atoms with van der Waals surface area (Å²) < 4.78 is 5.51. The van der Waals surface area contributed by atoms with Crippen molar-refractivity contribution in [2.24, 2.45) is 0 Å². The Balaban J connectivity index is 2.33. The van der Waals surface area contributed by atoms with Crippen molar-refractivity contribution in [3.8, 4) is 5.88 Å². The summed E-state index contributed by atoms with van der Waals surface area (Å²) in [6.45, 7) is 3.65. The molecule has 0 saturated heterocycles. The van der Waals surface area contributed by atoms with Crippen LogP contribution in [0.3, 0.4) is 0 Å². The topological polar surface area (TPSA) is 60.2 Å². The number of nitrogens with one attached hydrogen (secondary N) is 1. The minimum atomic E-state index is 0.536. The van der Waals surface area contributed by atoms with E-state index in [-0.39, 0.29) is 0 Å². The minimum absolute atomic E-state index is 0.536. The fourth-order valence-corrected chi connectivity index (χ4v) is 2.12. The van der Waals surface area contributed by atoms with E-state index in [4.69, 9.17) is 10.5 Å². The molecule has 0 bridgehead atoms. The van der Waals surface area contributed by atoms with Crippen LogP contribution >= 0.6 is 11.8 Å². The fourth-order valence-electron chi connectivity index (χ4n) is 1.63. The van der Waals surface area contributed by atoms with Crippen molar-refractivity contribution in [3.63, 3.8) is 0 Å². The molecule has 0 spiro atoms. The van der Waals surface area contributed by atoms with Crippen LogP contribution in [0.1, 0.15) is 32.6 Å². The highest BCUT2D eigenvalue weighted by Crippen LogP contribution is 2.21. The number of nitrogens with two attached hydrogens (primary N) is 1. The van der Waals surface area contributed by atoms with Crippen LogP contribution in [0.2, 0.25) is 0 Å². The van der Waals surface area contributed by atoms with Gasteiger partial charge >= 0.3 is 0 Å². The van der Waals surface area contributed by atoms with Crippen LogP contribution in [0.15, 0.2) is 12.1 Å². The van der Waals surface area contributed by atoms with Crippen LogP contribution in [-0.2, 0) is 0 Å². The van der Waals surface area contributed by atoms with Gasteiger partial charge in [0.1, 0.15) is 5.82 Å². The Labute approximate surface area is 120 Å². The highest BCUT2D eigenvalue weighted by atomic mass is 32.2. The van der Waals surface area contributed by atoms with E-state index < -0.39 is 0 Å². The normalized spacial score (nSPS) is 10.4. The molecule has 0 radical (unpaired) electrons. The molecular formula is C14H25N3OS. The van der Waals surface area contributed by atoms with E-state index in [2.05, 4.69) is 23.5 Å². The van der Waals surface area contributed by atoms with Crippen molar-refractivity contribution in [3.05, 3.63) is 12.1 Å². The average molecular weight is 283 g/mol. The number of unbranched alkanes of at least 4 members (excludes halogenated alkanes) is 2. The lowest BCUT2D eigenvalue weighted by atomic mass is 10.2. The fraction of sp³-hybridized carbons (Fsp3) is 0.643. The largest absolute Gasteiger partial charge is 0.476 e. The van der Waals surface area contributed by atoms with Gasteiger partial charge in [-0.1, -0.05) is 13.3 Å². The van der Waals surface area contributed by atoms with Crippen LogP contribution in [0, 0.1) is 0 Å². The molecular weight excluding hydrogens is 258 g/mol. The van der Waals surface area contributed by atoms with Gasteiger partial charge in [0.2, 0.25) is 5.88 Å². The third-order valence-electron chi connectivity index (χ3n) is 2.66. The summed E-state index contributed by atoms with van der Waals surface area (Å²) in [6, 6.07) is 3.74. The number of hydrogen-bond acceptors (Lipinski definition) is 5. The molecule has 0 amide bonds. The molecule has 0 aliphatic rings. The van der Waals surface area contributed by atoms with Crippen LogP contribution in [0.5, 0.6) is 5.88 Å². The Hall–Kier alpha value is -1.10. The minimum Gasteiger partial charge on any atom is -0.476 e. The molecule has 1 heterocycles. The van der Waals surface area contributed by atoms with Gasteiger partial charge in [0, 0.05) is 6.54 Å². The standard InChI is InChI=1S/C14H25N3OS/c1-3-10-18-14-12(15)7-8-13(17-14)16-9-5-4-6-11-19-2/h7-8H,3-6,9-11,15H2,1-2H3,(H,16,17). The maximum atomic E-state index is 5.82. The molecule has 0 unspecified atom stereocenters. The molecule has 0 aliphatic carbocycles. The second-order valence-electron chi connectivity index (χ2n) is 4.42. The van der Waals surface area contributed by atoms with Crippen LogP contribution in [0.25, 0.3) is 0 Å². The number of hydrogen-bond donors (Lipinski definition) is 2. The van der Waals surface area contributed by atoms with Gasteiger partial charge in [-0.05, 0) is 43.4 Å². The maximum absolute atomic E-state index is 5.82. The van der Waals surface area contributed by atoms with Gasteiger partial charge < -0.3 is 15.8 Å². The summed E-state index contributed by atoms with van der Waals surface area (Å²) in [5, 5.41) is 3.31. The molecule has 0 aliphatic heterocycles. The molecule has 0 aromatic carbocycles. The van der Waals surface area contributed by atoms with E-state index in [1.54, 1.807) is 0 Å². The first-order chi connectivity index (χ1) is 9.27. The van der Waals surface area contributed by atoms with Gasteiger partial charge in [0.25, 0.3) is 0 Å². The number of thioether (sulfide) groups is 1. The van der Waals surface area contributed by atoms with E-state index in [1.165, 1.54) is 18.6 Å². The lowest BCUT2D eigenvalue weighted by Crippen LogP contribution is -2.06. The molecule has 1 rings (SSSR count). The molecule has 4 nitrogen and oxygen atoms in total. The first-order valence-electron chi connectivity index (χ1n) is 6.90. The van der Waals surface area contributed by atoms with Gasteiger partial charge in [0.05, 0.1) is 12.3 Å². The quantitative estimate of drug-likeness (QED) is 0.644. The van der Waals surface area contributed by atoms with Gasteiger partial charge in [-0.15, -0.1) is 0 Å². The molecule has 108 valence electrons. The summed E-state index contributed by atoms with van der Waals surface area (Å²) in [5.41, 5.74) is 6.42. The molecule has 1 aromatic rings. The number of aromatic nitrogens is 1. The average Bonchev–Trinajstić information content (AvgIpc) is 2.43. The van der Waals surface area contributed by atoms with E-state index in [1.807, 2.05) is 23.9 Å². The number of pyridine rings is 1. The predicted molar refractivity (Wildman–Crippen MR) is 85.2 cm³/mol. The highest BCUT2D eigenvalue weighted by molar-refractivity contribution is 7.98. The molecule has 0 atom stereocenters. The van der Waals surface area contributed by atoms with Crippen molar-refractivity contribution in [2.75, 3.05) is 36.2 Å². The van der Waals surface area contributed by atoms with Gasteiger partial charge in [-0.25, -0.2) is 0 Å². The second kappa shape index (κ2) is 9.78. The summed E-state index contributed by atoms with van der Waals surface area (Å²) in [7, 11) is 0. The molecule has 19 heavy (non-hydrogen) atoms. The number of ether oxygens (including phenoxy) is 1. The predicted octanol–water partition coefficient (Wildman–Crippen LogP) is 3.40. The van der Waals surface area contributed by atoms with Gasteiger partial charge in [0.15, 0.2) is 0 Å². The highest BCUT2D eigenvalue weighted by Gasteiger charge is 2.03. The van der Waals surface area contributed by atoms with Crippen molar-refractivity contribution < 1.29 is 4.74 Å². The summed E-state index contributed by atoms with van der Waals surface area (Å²) in [6.07, 6.45) is 6.80. The van der Waals surface area contributed by atoms with E-state index >= 15 is 0 Å². The maximum Gasteiger partial charge on any atom is 0.239 e. The molecule has 1 aromatic heterocycles. The van der Waals surface area contributed by atoms with Crippen molar-refractivity contribution in [2.45, 2.75) is 32.6 Å². The molecule has 0 saturated carbocycles. The Morgan fingerprint density at radius 2 is 2.16 bits per heavy atom. The Bertz CT molecular complexity index is 361. The van der Waals surface area contributed by atoms with Gasteiger partial charge in [-0.2, -0.15) is 16.7 Å². The second-order valence-corrected chi connectivity index (χ2v) is 5.41. The van der Waals surface area contributed by atoms with Crippen LogP contribution < -0.4 is 15.8 Å². The summed E-state index contributed by atoms with van der Waals surface area (Å²) in [4.78, 5) is 4.38. The third kappa shape index (κ3) is 6.57. The monoisotopic (exact) mass is 283 g/mol. The van der Waals surface area contributed by atoms with E-state index in [9.17, 15) is 0 Å². The zero-order valence-electron chi connectivity index (χ0n) is 11.9. The van der Waals surface area contributed by atoms with Crippen LogP contribution in [0.4, 0.5) is 11.5 Å². The lowest BCUT2D eigenvalue weighted by molar-refractivity contribution is 0.307. The third-order valence-corrected chi connectivity index (χ3v) is 3.36. The van der Waals surface area contributed by atoms with Crippen molar-refractivity contribution in [1.82, 2.24) is 4.98 Å². The zero-order valence-corrected chi connectivity index (χ0v) is 12.8.